The van der Waals surface area contributed by atoms with Crippen molar-refractivity contribution in [1.82, 2.24) is 4.90 Å². The van der Waals surface area contributed by atoms with Crippen molar-refractivity contribution in [3.8, 4) is 6.07 Å². The lowest BCUT2D eigenvalue weighted by Gasteiger charge is -2.38. The summed E-state index contributed by atoms with van der Waals surface area (Å²) in [5.41, 5.74) is -0.842. The Kier molecular flexibility index (Phi) is 3.46. The Morgan fingerprint density at radius 1 is 0.941 bits per heavy atom. The molecule has 2 rings (SSSR count). The van der Waals surface area contributed by atoms with E-state index in [4.69, 9.17) is 0 Å². The molecule has 0 atom stereocenters. The second kappa shape index (κ2) is 4.87. The number of imide groups is 1. The molecule has 2 fully saturated rings. The number of carbonyl (C=O) groups excluding carboxylic acids is 2. The van der Waals surface area contributed by atoms with Crippen molar-refractivity contribution in [1.29, 1.82) is 5.26 Å². The van der Waals surface area contributed by atoms with Gasteiger partial charge in [0, 0.05) is 12.8 Å². The van der Waals surface area contributed by atoms with Crippen LogP contribution in [0.3, 0.4) is 0 Å². The third-order valence-electron chi connectivity index (χ3n) is 3.85. The molecule has 1 heterocycles. The molecule has 1 saturated carbocycles. The van der Waals surface area contributed by atoms with Crippen LogP contribution in [-0.4, -0.2) is 22.3 Å². The molecule has 1 aliphatic carbocycles. The molecule has 17 heavy (non-hydrogen) atoms. The molecule has 0 aromatic heterocycles. The Labute approximate surface area is 102 Å². The van der Waals surface area contributed by atoms with Crippen LogP contribution in [0.25, 0.3) is 0 Å². The fraction of sp³-hybridized carbons (Fsp3) is 0.769. The van der Waals surface area contributed by atoms with Gasteiger partial charge < -0.3 is 0 Å². The van der Waals surface area contributed by atoms with E-state index in [1.807, 2.05) is 0 Å². The maximum Gasteiger partial charge on any atom is 0.230 e. The summed E-state index contributed by atoms with van der Waals surface area (Å²) in [6.07, 6.45) is 6.83. The van der Waals surface area contributed by atoms with E-state index >= 15 is 0 Å². The van der Waals surface area contributed by atoms with Gasteiger partial charge in [0.05, 0.1) is 6.07 Å². The maximum atomic E-state index is 11.9. The van der Waals surface area contributed by atoms with Crippen LogP contribution in [0.4, 0.5) is 0 Å². The summed E-state index contributed by atoms with van der Waals surface area (Å²) in [5.74, 6) is -0.297. The Balaban J connectivity index is 2.29. The topological polar surface area (TPSA) is 61.2 Å². The first-order valence-electron chi connectivity index (χ1n) is 6.47. The highest BCUT2D eigenvalue weighted by Gasteiger charge is 2.44. The summed E-state index contributed by atoms with van der Waals surface area (Å²) >= 11 is 0. The van der Waals surface area contributed by atoms with E-state index in [2.05, 4.69) is 6.07 Å². The van der Waals surface area contributed by atoms with Crippen molar-refractivity contribution in [3.63, 3.8) is 0 Å². The molecule has 0 aromatic rings. The zero-order valence-corrected chi connectivity index (χ0v) is 10.1. The number of hydrogen-bond donors (Lipinski definition) is 0. The van der Waals surface area contributed by atoms with E-state index < -0.39 is 5.54 Å². The van der Waals surface area contributed by atoms with E-state index in [9.17, 15) is 14.9 Å². The van der Waals surface area contributed by atoms with Crippen LogP contribution in [0.1, 0.15) is 57.8 Å². The van der Waals surface area contributed by atoms with E-state index in [1.54, 1.807) is 0 Å². The van der Waals surface area contributed by atoms with Gasteiger partial charge in [-0.15, -0.1) is 0 Å². The lowest BCUT2D eigenvalue weighted by Crippen LogP contribution is -2.55. The number of nitriles is 1. The zero-order chi connectivity index (χ0) is 12.3. The average Bonchev–Trinajstić information content (AvgIpc) is 2.55. The highest BCUT2D eigenvalue weighted by atomic mass is 16.2. The Hall–Kier alpha value is -1.37. The van der Waals surface area contributed by atoms with Gasteiger partial charge in [-0.2, -0.15) is 5.26 Å². The Morgan fingerprint density at radius 2 is 1.47 bits per heavy atom. The number of nitrogens with zero attached hydrogens (tertiary/aromatic N) is 2. The first-order chi connectivity index (χ1) is 8.19. The second-order valence-corrected chi connectivity index (χ2v) is 5.03. The molecule has 2 aliphatic rings. The maximum absolute atomic E-state index is 11.9. The largest absolute Gasteiger partial charge is 0.274 e. The Morgan fingerprint density at radius 3 is 1.94 bits per heavy atom. The number of amides is 2. The zero-order valence-electron chi connectivity index (χ0n) is 10.1. The molecular formula is C13H18N2O2. The number of hydrogen-bond acceptors (Lipinski definition) is 3. The minimum atomic E-state index is -0.842. The molecule has 0 aromatic carbocycles. The van der Waals surface area contributed by atoms with E-state index in [0.29, 0.717) is 32.1 Å². The molecule has 0 N–H and O–H groups in total. The van der Waals surface area contributed by atoms with Gasteiger partial charge in [0.15, 0.2) is 0 Å². The minimum absolute atomic E-state index is 0.148. The average molecular weight is 234 g/mol. The van der Waals surface area contributed by atoms with Crippen LogP contribution in [0.2, 0.25) is 0 Å². The molecule has 4 nitrogen and oxygen atoms in total. The number of rotatable bonds is 1. The molecule has 0 unspecified atom stereocenters. The molecule has 0 radical (unpaired) electrons. The van der Waals surface area contributed by atoms with Gasteiger partial charge in [0.25, 0.3) is 0 Å². The Bertz CT molecular complexity index is 346. The van der Waals surface area contributed by atoms with Gasteiger partial charge in [-0.1, -0.05) is 25.7 Å². The van der Waals surface area contributed by atoms with Crippen LogP contribution in [-0.2, 0) is 9.59 Å². The highest BCUT2D eigenvalue weighted by Crippen LogP contribution is 2.34. The van der Waals surface area contributed by atoms with Crippen LogP contribution >= 0.6 is 0 Å². The normalized spacial score (nSPS) is 25.2. The predicted octanol–water partition coefficient (Wildman–Crippen LogP) is 2.14. The van der Waals surface area contributed by atoms with Crippen molar-refractivity contribution >= 4 is 11.8 Å². The van der Waals surface area contributed by atoms with Gasteiger partial charge in [-0.05, 0) is 19.3 Å². The van der Waals surface area contributed by atoms with Crippen molar-refractivity contribution in [2.24, 2.45) is 0 Å². The van der Waals surface area contributed by atoms with Gasteiger partial charge >= 0.3 is 0 Å². The van der Waals surface area contributed by atoms with Crippen LogP contribution < -0.4 is 0 Å². The molecular weight excluding hydrogens is 216 g/mol. The van der Waals surface area contributed by atoms with Crippen molar-refractivity contribution in [2.75, 3.05) is 0 Å². The van der Waals surface area contributed by atoms with Gasteiger partial charge in [-0.3, -0.25) is 14.5 Å². The van der Waals surface area contributed by atoms with Crippen LogP contribution in [0.5, 0.6) is 0 Å². The van der Waals surface area contributed by atoms with E-state index in [0.717, 1.165) is 25.7 Å². The molecule has 92 valence electrons. The fourth-order valence-corrected chi connectivity index (χ4v) is 2.93. The highest BCUT2D eigenvalue weighted by molar-refractivity contribution is 5.98. The lowest BCUT2D eigenvalue weighted by atomic mass is 9.87. The van der Waals surface area contributed by atoms with E-state index in [1.165, 1.54) is 4.90 Å². The van der Waals surface area contributed by atoms with Crippen molar-refractivity contribution < 1.29 is 9.59 Å². The number of piperidine rings is 1. The monoisotopic (exact) mass is 234 g/mol. The first-order valence-corrected chi connectivity index (χ1v) is 6.47. The molecule has 2 amide bonds. The van der Waals surface area contributed by atoms with Gasteiger partial charge in [0.1, 0.15) is 5.54 Å². The summed E-state index contributed by atoms with van der Waals surface area (Å²) in [7, 11) is 0. The smallest absolute Gasteiger partial charge is 0.230 e. The minimum Gasteiger partial charge on any atom is -0.274 e. The standard InChI is InChI=1S/C13H18N2O2/c14-10-13(8-3-1-2-4-9-13)15-11(16)6-5-7-12(15)17/h1-9H2. The van der Waals surface area contributed by atoms with Gasteiger partial charge in [-0.25, -0.2) is 0 Å². The third-order valence-corrected chi connectivity index (χ3v) is 3.85. The fourth-order valence-electron chi connectivity index (χ4n) is 2.93. The van der Waals surface area contributed by atoms with E-state index in [-0.39, 0.29) is 11.8 Å². The van der Waals surface area contributed by atoms with Crippen LogP contribution in [0, 0.1) is 11.3 Å². The summed E-state index contributed by atoms with van der Waals surface area (Å²) in [4.78, 5) is 25.2. The van der Waals surface area contributed by atoms with Crippen molar-refractivity contribution in [2.45, 2.75) is 63.3 Å². The molecule has 0 spiro atoms. The second-order valence-electron chi connectivity index (χ2n) is 5.03. The third kappa shape index (κ3) is 2.19. The summed E-state index contributed by atoms with van der Waals surface area (Å²) in [6, 6.07) is 2.27. The summed E-state index contributed by atoms with van der Waals surface area (Å²) < 4.78 is 0. The lowest BCUT2D eigenvalue weighted by molar-refractivity contribution is -0.154. The number of carbonyl (C=O) groups is 2. The van der Waals surface area contributed by atoms with Crippen LogP contribution in [0.15, 0.2) is 0 Å². The SMILES string of the molecule is N#CC1(N2C(=O)CCCC2=O)CCCCCC1. The molecule has 1 saturated heterocycles. The molecule has 1 aliphatic heterocycles. The summed E-state index contributed by atoms with van der Waals surface area (Å²) in [6.45, 7) is 0. The quantitative estimate of drug-likeness (QED) is 0.516. The predicted molar refractivity (Wildman–Crippen MR) is 61.8 cm³/mol. The number of likely N-dealkylation sites (tertiary alicyclic amines) is 1. The first kappa shape index (κ1) is 12.1. The van der Waals surface area contributed by atoms with Gasteiger partial charge in [0.2, 0.25) is 11.8 Å². The summed E-state index contributed by atoms with van der Waals surface area (Å²) in [5, 5.41) is 9.46. The molecule has 0 bridgehead atoms. The van der Waals surface area contributed by atoms with Crippen molar-refractivity contribution in [3.05, 3.63) is 0 Å². The molecule has 4 heteroatoms.